The summed E-state index contributed by atoms with van der Waals surface area (Å²) in [4.78, 5) is 90.0. The number of rotatable bonds is 26. The molecule has 7 fully saturated rings. The molecule has 144 heavy (non-hydrogen) atoms. The van der Waals surface area contributed by atoms with Crippen molar-refractivity contribution in [2.75, 3.05) is 85.1 Å². The van der Waals surface area contributed by atoms with Crippen molar-refractivity contribution in [1.29, 1.82) is 0 Å². The van der Waals surface area contributed by atoms with Gasteiger partial charge >= 0.3 is 60.3 Å². The molecular formula is C98H108F15N20O11+. The second-order valence-corrected chi connectivity index (χ2v) is 37.3. The van der Waals surface area contributed by atoms with Gasteiger partial charge in [-0.25, -0.2) is 0 Å². The minimum Gasteiger partial charge on any atom is -0.516 e. The van der Waals surface area contributed by atoms with Gasteiger partial charge in [-0.3, -0.25) is 28.9 Å². The molecule has 4 saturated heterocycles. The minimum atomic E-state index is -4.70. The van der Waals surface area contributed by atoms with E-state index in [0.717, 1.165) is 128 Å². The smallest absolute Gasteiger partial charge is 0.471 e. The van der Waals surface area contributed by atoms with Gasteiger partial charge in [0.25, 0.3) is 29.5 Å². The highest BCUT2D eigenvalue weighted by atomic mass is 19.4. The first kappa shape index (κ1) is 106. The average molecular weight is 2030 g/mol. The number of hydrogen-bond donors (Lipinski definition) is 7. The van der Waals surface area contributed by atoms with Crippen molar-refractivity contribution in [3.05, 3.63) is 226 Å². The Balaban J connectivity index is 0.000000142. The number of piperidine rings is 2. The molecule has 770 valence electrons. The van der Waals surface area contributed by atoms with Crippen molar-refractivity contribution in [1.82, 2.24) is 96.9 Å². The quantitative estimate of drug-likeness (QED) is 0.0195. The average Bonchev–Trinajstić information content (AvgIpc) is 1.63. The van der Waals surface area contributed by atoms with Crippen LogP contribution in [0.1, 0.15) is 190 Å². The van der Waals surface area contributed by atoms with Crippen molar-refractivity contribution in [2.24, 2.45) is 29.6 Å². The summed E-state index contributed by atoms with van der Waals surface area (Å²) in [6.07, 6.45) is -10.2. The number of benzene rings is 6. The van der Waals surface area contributed by atoms with Gasteiger partial charge in [-0.15, -0.1) is 0 Å². The highest BCUT2D eigenvalue weighted by Crippen LogP contribution is 2.45. The van der Waals surface area contributed by atoms with Gasteiger partial charge in [0.15, 0.2) is 0 Å². The molecule has 19 rings (SSSR count). The number of aryl methyl sites for hydroxylation is 1. The van der Waals surface area contributed by atoms with E-state index in [-0.39, 0.29) is 82.8 Å². The number of likely N-dealkylation sites (tertiary alicyclic amines) is 4. The van der Waals surface area contributed by atoms with Crippen LogP contribution in [0.15, 0.2) is 175 Å². The molecule has 5 aliphatic heterocycles. The first-order chi connectivity index (χ1) is 68.4. The fourth-order valence-electron chi connectivity index (χ4n) is 18.4. The summed E-state index contributed by atoms with van der Waals surface area (Å²) in [6, 6.07) is 38.0. The number of aliphatic hydroxyl groups is 1. The molecule has 0 spiro atoms. The lowest BCUT2D eigenvalue weighted by atomic mass is 9.99. The molecule has 5 amide bonds. The normalized spacial score (nSPS) is 19.7. The molecule has 7 N–H and O–H groups in total. The van der Waals surface area contributed by atoms with Crippen molar-refractivity contribution < 1.29 is 122 Å². The van der Waals surface area contributed by atoms with E-state index < -0.39 is 60.3 Å². The molecule has 10 heterocycles. The minimum absolute atomic E-state index is 0.0150. The van der Waals surface area contributed by atoms with Gasteiger partial charge in [0.2, 0.25) is 29.1 Å². The number of aliphatic hydroxyl groups excluding tert-OH is 1. The molecule has 5 aromatic heterocycles. The number of carbonyl (C=O) groups is 5. The SMILES string of the molecule is C=CO.C[C@H](CN1CC2CC2C1)NC(=O)c1ccc(-c2noc(C(F)(F)F)n2)cc1.C[C@H](CN1Cc2ccccc2C1)NC(=O)c1ccc(-c2noc(C(F)(F)F)n2)cc1.Cc1cc(C(=O)N[C@H](C)C[NH+]2CCC[C@@H]2C)ccc1-c1noc(C(F)(F)F)n1.O=C(NCCN1CC2CCC(C2)C1)c1ccc(-c2noc(C(F)(F)F)n2)cc1.O=C(N[C@H](CN1CCCC1)C1CC1)c1ccc(-c2noc(C(F)(F)F)n2)cc1. The molecule has 5 unspecified atom stereocenters. The van der Waals surface area contributed by atoms with Crippen molar-refractivity contribution in [2.45, 2.75) is 173 Å². The van der Waals surface area contributed by atoms with Gasteiger partial charge in [0, 0.05) is 159 Å². The number of amides is 5. The largest absolute Gasteiger partial charge is 0.516 e. The molecule has 6 aromatic carbocycles. The summed E-state index contributed by atoms with van der Waals surface area (Å²) < 4.78 is 210. The zero-order valence-electron chi connectivity index (χ0n) is 79.0. The molecule has 3 saturated carbocycles. The number of nitrogens with one attached hydrogen (secondary N) is 6. The van der Waals surface area contributed by atoms with E-state index in [1.807, 2.05) is 32.9 Å². The van der Waals surface area contributed by atoms with E-state index >= 15 is 0 Å². The Morgan fingerprint density at radius 2 is 0.806 bits per heavy atom. The van der Waals surface area contributed by atoms with Gasteiger partial charge in [-0.2, -0.15) is 90.8 Å². The topological polar surface area (TPSA) is 378 Å². The van der Waals surface area contributed by atoms with E-state index in [9.17, 15) is 89.8 Å². The zero-order chi connectivity index (χ0) is 103. The standard InChI is InChI=1S/C21H19F3N4O2.2C19H21F3N4O2.C19H23F3N4O2.C18H19F3N4O2.C2H4O/c1-13(10-28-11-16-4-2-3-5-17(16)12-28)25-19(29)15-8-6-14(7-9-15)18-26-20(30-27-18)21(22,23)24;20-19(21,22)18-24-16(25-28-18)14-3-5-15(6-4-14)17(27)23-7-8-26-10-12-1-2-13(9-12)11-26;20-19(21,22)18-24-16(25-28-18)13-5-7-14(8-6-13)17(27)23-15(12-3-4-12)11-26-9-1-2-10-26;1-11-9-14(17(27)23-12(2)10-26-8-4-5-13(26)3)6-7-15(11)16-24-18(28-25-16)19(20,21)22;1-10(7-25-8-13-6-14(13)9-25)22-16(26)12-4-2-11(3-5-12)15-23-17(27-24-15)18(19,20)21;1-2-3/h2-9,13H,10-12H2,1H3,(H,25,29);3-6,12-13H,1-2,7-11H2,(H,23,27);5-8,12,15H,1-4,9-11H2,(H,23,27);6-7,9,12-13H,4-5,8,10H2,1-3H3,(H,23,27);2-5,10,13-14H,6-9H2,1H3,(H,22,26);2-3H,1H2/p+1/t13-;;15-;12-,13+;10-,13?,14?;/m1.111./s1. The molecule has 10 atom stereocenters. The third kappa shape index (κ3) is 29.5. The van der Waals surface area contributed by atoms with Crippen LogP contribution < -0.4 is 31.5 Å². The Hall–Kier alpha value is -13.3. The van der Waals surface area contributed by atoms with Gasteiger partial charge < -0.3 is 73.9 Å². The summed E-state index contributed by atoms with van der Waals surface area (Å²) in [5, 5.41) is 39.0. The number of hydrogen-bond acceptors (Lipinski definition) is 25. The van der Waals surface area contributed by atoms with E-state index in [1.165, 1.54) is 158 Å². The third-order valence-electron chi connectivity index (χ3n) is 25.8. The molecule has 46 heteroatoms. The Bertz CT molecular complexity index is 6090. The van der Waals surface area contributed by atoms with Crippen LogP contribution in [-0.2, 0) is 44.0 Å². The van der Waals surface area contributed by atoms with Crippen molar-refractivity contribution in [3.8, 4) is 56.9 Å². The number of aromatic nitrogens is 10. The Kier molecular flexibility index (Phi) is 34.4. The van der Waals surface area contributed by atoms with Gasteiger partial charge in [0.1, 0.15) is 0 Å². The third-order valence-corrected chi connectivity index (χ3v) is 25.8. The predicted octanol–water partition coefficient (Wildman–Crippen LogP) is 16.2. The van der Waals surface area contributed by atoms with Crippen LogP contribution >= 0.6 is 0 Å². The van der Waals surface area contributed by atoms with Crippen LogP contribution in [0, 0.1) is 36.5 Å². The van der Waals surface area contributed by atoms with E-state index in [2.05, 4.69) is 145 Å². The van der Waals surface area contributed by atoms with Crippen LogP contribution in [0.25, 0.3) is 56.9 Å². The number of quaternary nitrogens is 1. The summed E-state index contributed by atoms with van der Waals surface area (Å²) >= 11 is 0. The van der Waals surface area contributed by atoms with Crippen LogP contribution in [0.5, 0.6) is 0 Å². The highest BCUT2D eigenvalue weighted by Gasteiger charge is 2.47. The Labute approximate surface area is 816 Å². The van der Waals surface area contributed by atoms with Crippen LogP contribution in [-0.4, -0.2) is 220 Å². The number of carbonyl (C=O) groups excluding carboxylic acids is 5. The Morgan fingerprint density at radius 3 is 1.19 bits per heavy atom. The highest BCUT2D eigenvalue weighted by molar-refractivity contribution is 5.97. The number of halogens is 15. The summed E-state index contributed by atoms with van der Waals surface area (Å²) in [6.45, 7) is 26.9. The summed E-state index contributed by atoms with van der Waals surface area (Å²) in [5.74, 6) is -5.04. The fraction of sp³-hybridized carbons (Fsp3) is 0.459. The monoisotopic (exact) mass is 2030 g/mol. The second-order valence-electron chi connectivity index (χ2n) is 37.3. The molecule has 11 aromatic rings. The van der Waals surface area contributed by atoms with Gasteiger partial charge in [-0.1, -0.05) is 111 Å². The lowest BCUT2D eigenvalue weighted by Gasteiger charge is -2.31. The maximum Gasteiger partial charge on any atom is 0.471 e. The van der Waals surface area contributed by atoms with E-state index in [0.29, 0.717) is 86.2 Å². The number of alkyl halides is 15. The predicted molar refractivity (Wildman–Crippen MR) is 489 cm³/mol. The van der Waals surface area contributed by atoms with Crippen LogP contribution in [0.2, 0.25) is 0 Å². The van der Waals surface area contributed by atoms with Crippen molar-refractivity contribution in [3.63, 3.8) is 0 Å². The maximum atomic E-state index is 12.6. The van der Waals surface area contributed by atoms with Crippen LogP contribution in [0.3, 0.4) is 0 Å². The molecule has 31 nitrogen and oxygen atoms in total. The zero-order valence-corrected chi connectivity index (χ0v) is 79.0. The molecule has 2 bridgehead atoms. The molecular weight excluding hydrogens is 1920 g/mol. The van der Waals surface area contributed by atoms with Gasteiger partial charge in [-0.05, 0) is 206 Å². The van der Waals surface area contributed by atoms with Gasteiger partial charge in [0.05, 0.1) is 31.4 Å². The summed E-state index contributed by atoms with van der Waals surface area (Å²) in [7, 11) is 0. The lowest BCUT2D eigenvalue weighted by molar-refractivity contribution is -0.911. The van der Waals surface area contributed by atoms with Crippen LogP contribution in [0.4, 0.5) is 65.9 Å². The van der Waals surface area contributed by atoms with E-state index in [1.54, 1.807) is 31.2 Å². The fourth-order valence-corrected chi connectivity index (χ4v) is 18.4. The van der Waals surface area contributed by atoms with Crippen molar-refractivity contribution >= 4 is 29.5 Å². The molecule has 8 aliphatic rings. The lowest BCUT2D eigenvalue weighted by Crippen LogP contribution is -3.14. The first-order valence-electron chi connectivity index (χ1n) is 47.1. The Morgan fingerprint density at radius 1 is 0.438 bits per heavy atom. The number of fused-ring (bicyclic) bond motifs is 4. The molecule has 0 radical (unpaired) electrons. The first-order valence-corrected chi connectivity index (χ1v) is 47.1. The maximum absolute atomic E-state index is 12.6. The number of nitrogens with zero attached hydrogens (tertiary/aromatic N) is 14. The second kappa shape index (κ2) is 46.6. The van der Waals surface area contributed by atoms with E-state index in [4.69, 9.17) is 5.11 Å². The summed E-state index contributed by atoms with van der Waals surface area (Å²) in [5.41, 5.74) is 7.12. The molecule has 3 aliphatic carbocycles.